The van der Waals surface area contributed by atoms with Crippen LogP contribution in [0.15, 0.2) is 0 Å². The van der Waals surface area contributed by atoms with E-state index in [0.29, 0.717) is 5.41 Å². The molecular weight excluding hydrogens is 142 g/mol. The molecule has 0 atom stereocenters. The van der Waals surface area contributed by atoms with Gasteiger partial charge in [-0.2, -0.15) is 0 Å². The maximum absolute atomic E-state index is 10.7. The molecule has 1 aliphatic carbocycles. The van der Waals surface area contributed by atoms with Crippen LogP contribution in [0.1, 0.15) is 26.2 Å². The molecule has 1 fully saturated rings. The Balaban J connectivity index is 2.16. The molecule has 64 valence electrons. The molecule has 0 aromatic heterocycles. The van der Waals surface area contributed by atoms with Gasteiger partial charge in [0.15, 0.2) is 0 Å². The molecule has 0 bridgehead atoms. The SMILES string of the molecule is CCC1(CNC(=O)OC)CC1. The van der Waals surface area contributed by atoms with Crippen LogP contribution >= 0.6 is 0 Å². The van der Waals surface area contributed by atoms with Crippen LogP contribution in [0.4, 0.5) is 4.79 Å². The van der Waals surface area contributed by atoms with Crippen molar-refractivity contribution >= 4 is 6.09 Å². The average Bonchev–Trinajstić information content (AvgIpc) is 2.81. The number of alkyl carbamates (subject to hydrolysis) is 1. The van der Waals surface area contributed by atoms with Crippen molar-refractivity contribution in [3.05, 3.63) is 0 Å². The van der Waals surface area contributed by atoms with Crippen LogP contribution in [0.3, 0.4) is 0 Å². The summed E-state index contributed by atoms with van der Waals surface area (Å²) >= 11 is 0. The van der Waals surface area contributed by atoms with Crippen molar-refractivity contribution in [3.63, 3.8) is 0 Å². The van der Waals surface area contributed by atoms with E-state index in [2.05, 4.69) is 17.0 Å². The number of rotatable bonds is 3. The molecule has 0 radical (unpaired) electrons. The van der Waals surface area contributed by atoms with E-state index < -0.39 is 0 Å². The van der Waals surface area contributed by atoms with Gasteiger partial charge in [-0.1, -0.05) is 6.92 Å². The molecule has 0 heterocycles. The van der Waals surface area contributed by atoms with Crippen LogP contribution in [0.2, 0.25) is 0 Å². The second-order valence-electron chi connectivity index (χ2n) is 3.20. The van der Waals surface area contributed by atoms with Crippen molar-refractivity contribution in [1.82, 2.24) is 5.32 Å². The van der Waals surface area contributed by atoms with Crippen LogP contribution < -0.4 is 5.32 Å². The van der Waals surface area contributed by atoms with Gasteiger partial charge in [-0.3, -0.25) is 0 Å². The van der Waals surface area contributed by atoms with E-state index in [9.17, 15) is 4.79 Å². The van der Waals surface area contributed by atoms with Crippen molar-refractivity contribution in [3.8, 4) is 0 Å². The fourth-order valence-corrected chi connectivity index (χ4v) is 1.16. The Kier molecular flexibility index (Phi) is 2.37. The first-order valence-electron chi connectivity index (χ1n) is 4.04. The summed E-state index contributed by atoms with van der Waals surface area (Å²) in [7, 11) is 1.39. The smallest absolute Gasteiger partial charge is 0.406 e. The van der Waals surface area contributed by atoms with Gasteiger partial charge in [-0.25, -0.2) is 4.79 Å². The van der Waals surface area contributed by atoms with Gasteiger partial charge in [-0.05, 0) is 24.7 Å². The summed E-state index contributed by atoms with van der Waals surface area (Å²) < 4.78 is 4.47. The van der Waals surface area contributed by atoms with Gasteiger partial charge in [0.1, 0.15) is 0 Å². The number of hydrogen-bond donors (Lipinski definition) is 1. The van der Waals surface area contributed by atoms with Crippen LogP contribution in [0.5, 0.6) is 0 Å². The Morgan fingerprint density at radius 1 is 1.64 bits per heavy atom. The van der Waals surface area contributed by atoms with Crippen molar-refractivity contribution in [2.45, 2.75) is 26.2 Å². The van der Waals surface area contributed by atoms with E-state index >= 15 is 0 Å². The van der Waals surface area contributed by atoms with Crippen molar-refractivity contribution in [2.24, 2.45) is 5.41 Å². The van der Waals surface area contributed by atoms with E-state index in [1.165, 1.54) is 20.0 Å². The number of methoxy groups -OCH3 is 1. The second kappa shape index (κ2) is 3.11. The Hall–Kier alpha value is -0.730. The first-order chi connectivity index (χ1) is 5.22. The molecule has 3 nitrogen and oxygen atoms in total. The van der Waals surface area contributed by atoms with Crippen LogP contribution in [-0.4, -0.2) is 19.7 Å². The summed E-state index contributed by atoms with van der Waals surface area (Å²) in [5, 5.41) is 2.72. The van der Waals surface area contributed by atoms with E-state index in [-0.39, 0.29) is 6.09 Å². The second-order valence-corrected chi connectivity index (χ2v) is 3.20. The minimum absolute atomic E-state index is 0.315. The zero-order chi connectivity index (χ0) is 8.32. The largest absolute Gasteiger partial charge is 0.453 e. The summed E-state index contributed by atoms with van der Waals surface area (Å²) in [6.07, 6.45) is 3.32. The van der Waals surface area contributed by atoms with Gasteiger partial charge in [0.2, 0.25) is 0 Å². The Morgan fingerprint density at radius 3 is 2.64 bits per heavy atom. The first kappa shape index (κ1) is 8.37. The quantitative estimate of drug-likeness (QED) is 0.674. The molecule has 0 aromatic rings. The number of hydrogen-bond acceptors (Lipinski definition) is 2. The van der Waals surface area contributed by atoms with Crippen LogP contribution in [0, 0.1) is 5.41 Å². The highest BCUT2D eigenvalue weighted by molar-refractivity contribution is 5.66. The van der Waals surface area contributed by atoms with Crippen LogP contribution in [-0.2, 0) is 4.74 Å². The monoisotopic (exact) mass is 157 g/mol. The van der Waals surface area contributed by atoms with Gasteiger partial charge in [-0.15, -0.1) is 0 Å². The van der Waals surface area contributed by atoms with Crippen LogP contribution in [0.25, 0.3) is 0 Å². The molecule has 11 heavy (non-hydrogen) atoms. The van der Waals surface area contributed by atoms with Gasteiger partial charge < -0.3 is 10.1 Å². The van der Waals surface area contributed by atoms with E-state index in [4.69, 9.17) is 0 Å². The lowest BCUT2D eigenvalue weighted by Gasteiger charge is -2.11. The Bertz CT molecular complexity index is 152. The lowest BCUT2D eigenvalue weighted by Crippen LogP contribution is -2.29. The maximum Gasteiger partial charge on any atom is 0.406 e. The zero-order valence-electron chi connectivity index (χ0n) is 7.14. The van der Waals surface area contributed by atoms with E-state index in [1.807, 2.05) is 0 Å². The highest BCUT2D eigenvalue weighted by atomic mass is 16.5. The number of carbonyl (C=O) groups is 1. The third-order valence-electron chi connectivity index (χ3n) is 2.50. The highest BCUT2D eigenvalue weighted by Crippen LogP contribution is 2.47. The van der Waals surface area contributed by atoms with E-state index in [1.54, 1.807) is 0 Å². The lowest BCUT2D eigenvalue weighted by molar-refractivity contribution is 0.168. The third kappa shape index (κ3) is 2.10. The molecule has 3 heteroatoms. The van der Waals surface area contributed by atoms with Gasteiger partial charge >= 0.3 is 6.09 Å². The fraction of sp³-hybridized carbons (Fsp3) is 0.875. The van der Waals surface area contributed by atoms with Gasteiger partial charge in [0, 0.05) is 6.54 Å². The highest BCUT2D eigenvalue weighted by Gasteiger charge is 2.40. The minimum atomic E-state index is -0.315. The molecular formula is C8H15NO2. The van der Waals surface area contributed by atoms with Gasteiger partial charge in [0.25, 0.3) is 0 Å². The van der Waals surface area contributed by atoms with Crippen molar-refractivity contribution in [1.29, 1.82) is 0 Å². The average molecular weight is 157 g/mol. The molecule has 1 saturated carbocycles. The summed E-state index contributed by atoms with van der Waals surface area (Å²) in [6.45, 7) is 2.93. The molecule has 0 spiro atoms. The normalized spacial score (nSPS) is 19.1. The number of carbonyl (C=O) groups excluding carboxylic acids is 1. The Labute approximate surface area is 67.1 Å². The number of amides is 1. The molecule has 0 aromatic carbocycles. The number of ether oxygens (including phenoxy) is 1. The molecule has 1 aliphatic rings. The fourth-order valence-electron chi connectivity index (χ4n) is 1.16. The predicted octanol–water partition coefficient (Wildman–Crippen LogP) is 1.53. The topological polar surface area (TPSA) is 38.3 Å². The molecule has 1 N–H and O–H groups in total. The summed E-state index contributed by atoms with van der Waals surface area (Å²) in [4.78, 5) is 10.7. The number of nitrogens with one attached hydrogen (secondary N) is 1. The molecule has 0 saturated heterocycles. The molecule has 1 amide bonds. The predicted molar refractivity (Wildman–Crippen MR) is 42.4 cm³/mol. The van der Waals surface area contributed by atoms with E-state index in [0.717, 1.165) is 13.0 Å². The minimum Gasteiger partial charge on any atom is -0.453 e. The zero-order valence-corrected chi connectivity index (χ0v) is 7.14. The first-order valence-corrected chi connectivity index (χ1v) is 4.04. The lowest BCUT2D eigenvalue weighted by atomic mass is 10.0. The molecule has 0 aliphatic heterocycles. The van der Waals surface area contributed by atoms with Crippen molar-refractivity contribution < 1.29 is 9.53 Å². The van der Waals surface area contributed by atoms with Gasteiger partial charge in [0.05, 0.1) is 7.11 Å². The molecule has 1 rings (SSSR count). The Morgan fingerprint density at radius 2 is 2.27 bits per heavy atom. The summed E-state index contributed by atoms with van der Waals surface area (Å²) in [5.74, 6) is 0. The standard InChI is InChI=1S/C8H15NO2/c1-3-8(4-5-8)6-9-7(10)11-2/h3-6H2,1-2H3,(H,9,10). The third-order valence-corrected chi connectivity index (χ3v) is 2.50. The maximum atomic E-state index is 10.7. The summed E-state index contributed by atoms with van der Waals surface area (Å²) in [6, 6.07) is 0. The summed E-state index contributed by atoms with van der Waals surface area (Å²) in [5.41, 5.74) is 0.411. The van der Waals surface area contributed by atoms with Crippen molar-refractivity contribution in [2.75, 3.05) is 13.7 Å². The molecule has 0 unspecified atom stereocenters.